The Labute approximate surface area is 160 Å². The number of anilines is 1. The Bertz CT molecular complexity index is 817. The molecule has 0 saturated heterocycles. The van der Waals surface area contributed by atoms with Crippen molar-refractivity contribution in [2.24, 2.45) is 0 Å². The van der Waals surface area contributed by atoms with Gasteiger partial charge in [-0.05, 0) is 43.5 Å². The van der Waals surface area contributed by atoms with Crippen molar-refractivity contribution >= 4 is 33.4 Å². The first kappa shape index (κ1) is 18.6. The first-order valence-electron chi connectivity index (χ1n) is 8.55. The summed E-state index contributed by atoms with van der Waals surface area (Å²) in [5.41, 5.74) is 1.68. The summed E-state index contributed by atoms with van der Waals surface area (Å²) in [7, 11) is 1.61. The minimum Gasteiger partial charge on any atom is -0.339 e. The summed E-state index contributed by atoms with van der Waals surface area (Å²) in [6, 6.07) is 5.61. The maximum atomic E-state index is 12.2. The van der Waals surface area contributed by atoms with E-state index in [4.69, 9.17) is 4.52 Å². The van der Waals surface area contributed by atoms with Crippen molar-refractivity contribution in [2.45, 2.75) is 38.5 Å². The van der Waals surface area contributed by atoms with Crippen molar-refractivity contribution in [3.63, 3.8) is 0 Å². The molecule has 26 heavy (non-hydrogen) atoms. The van der Waals surface area contributed by atoms with Gasteiger partial charge in [0.1, 0.15) is 0 Å². The predicted molar refractivity (Wildman–Crippen MR) is 99.7 cm³/mol. The van der Waals surface area contributed by atoms with Gasteiger partial charge in [-0.25, -0.2) is 0 Å². The number of hydrogen-bond donors (Lipinski definition) is 1. The summed E-state index contributed by atoms with van der Waals surface area (Å²) in [5.74, 6) is 1.27. The highest BCUT2D eigenvalue weighted by Gasteiger charge is 2.28. The molecule has 2 aromatic rings. The van der Waals surface area contributed by atoms with Crippen LogP contribution in [0.4, 0.5) is 5.69 Å². The average molecular weight is 421 g/mol. The lowest BCUT2D eigenvalue weighted by Gasteiger charge is -2.17. The van der Waals surface area contributed by atoms with Gasteiger partial charge in [0.15, 0.2) is 5.82 Å². The van der Waals surface area contributed by atoms with E-state index in [1.165, 1.54) is 4.90 Å². The number of halogens is 1. The van der Waals surface area contributed by atoms with Gasteiger partial charge in [0.05, 0.1) is 6.54 Å². The average Bonchev–Trinajstić information content (AvgIpc) is 3.33. The molecular formula is C18H21BrN4O3. The second kappa shape index (κ2) is 7.99. The van der Waals surface area contributed by atoms with Crippen molar-refractivity contribution in [3.8, 4) is 0 Å². The van der Waals surface area contributed by atoms with Crippen molar-refractivity contribution in [1.29, 1.82) is 0 Å². The molecule has 0 bridgehead atoms. The molecule has 0 spiro atoms. The summed E-state index contributed by atoms with van der Waals surface area (Å²) >= 11 is 3.39. The molecule has 1 aliphatic carbocycles. The maximum Gasteiger partial charge on any atom is 0.243 e. The lowest BCUT2D eigenvalue weighted by atomic mass is 10.2. The number of amides is 2. The Balaban J connectivity index is 1.45. The van der Waals surface area contributed by atoms with Crippen molar-refractivity contribution in [1.82, 2.24) is 15.0 Å². The molecule has 3 rings (SSSR count). The smallest absolute Gasteiger partial charge is 0.243 e. The molecule has 7 nitrogen and oxygen atoms in total. The van der Waals surface area contributed by atoms with Crippen LogP contribution in [0.3, 0.4) is 0 Å². The SMILES string of the molecule is Cc1cc(Br)ccc1NC(=O)CN(C)C(=O)CCc1nc(C2CC2)no1. The van der Waals surface area contributed by atoms with Crippen LogP contribution in [0, 0.1) is 6.92 Å². The highest BCUT2D eigenvalue weighted by molar-refractivity contribution is 9.10. The molecule has 8 heteroatoms. The van der Waals surface area contributed by atoms with Crippen LogP contribution in [0.2, 0.25) is 0 Å². The normalized spacial score (nSPS) is 13.5. The summed E-state index contributed by atoms with van der Waals surface area (Å²) in [6.45, 7) is 1.90. The fourth-order valence-electron chi connectivity index (χ4n) is 2.54. The van der Waals surface area contributed by atoms with E-state index in [1.807, 2.05) is 25.1 Å². The van der Waals surface area contributed by atoms with Gasteiger partial charge in [0.25, 0.3) is 0 Å². The molecule has 138 valence electrons. The van der Waals surface area contributed by atoms with Gasteiger partial charge in [0.2, 0.25) is 17.7 Å². The van der Waals surface area contributed by atoms with Gasteiger partial charge < -0.3 is 14.7 Å². The zero-order valence-corrected chi connectivity index (χ0v) is 16.4. The summed E-state index contributed by atoms with van der Waals surface area (Å²) in [5, 5.41) is 6.76. The Morgan fingerprint density at radius 1 is 1.38 bits per heavy atom. The molecule has 0 aliphatic heterocycles. The summed E-state index contributed by atoms with van der Waals surface area (Å²) in [6.07, 6.45) is 2.82. The lowest BCUT2D eigenvalue weighted by Crippen LogP contribution is -2.35. The zero-order chi connectivity index (χ0) is 18.7. The van der Waals surface area contributed by atoms with Gasteiger partial charge in [-0.3, -0.25) is 9.59 Å². The second-order valence-electron chi connectivity index (χ2n) is 6.58. The molecule has 2 amide bonds. The molecule has 1 fully saturated rings. The molecule has 1 aliphatic rings. The molecule has 1 aromatic carbocycles. The number of nitrogens with one attached hydrogen (secondary N) is 1. The highest BCUT2D eigenvalue weighted by Crippen LogP contribution is 2.38. The Kier molecular flexibility index (Phi) is 5.70. The van der Waals surface area contributed by atoms with Crippen LogP contribution in [0.5, 0.6) is 0 Å². The molecule has 0 radical (unpaired) electrons. The third-order valence-electron chi connectivity index (χ3n) is 4.25. The van der Waals surface area contributed by atoms with E-state index in [2.05, 4.69) is 31.4 Å². The first-order chi connectivity index (χ1) is 12.4. The van der Waals surface area contributed by atoms with Gasteiger partial charge in [-0.1, -0.05) is 21.1 Å². The van der Waals surface area contributed by atoms with E-state index in [-0.39, 0.29) is 24.8 Å². The number of aryl methyl sites for hydroxylation is 2. The number of likely N-dealkylation sites (N-methyl/N-ethyl adjacent to an activating group) is 1. The minimum absolute atomic E-state index is 0.00844. The van der Waals surface area contributed by atoms with E-state index in [0.717, 1.165) is 34.4 Å². The maximum absolute atomic E-state index is 12.2. The number of carbonyl (C=O) groups is 2. The Hall–Kier alpha value is -2.22. The molecule has 1 heterocycles. The van der Waals surface area contributed by atoms with Gasteiger partial charge in [0, 0.05) is 36.0 Å². The van der Waals surface area contributed by atoms with Crippen LogP contribution in [-0.4, -0.2) is 40.4 Å². The van der Waals surface area contributed by atoms with Crippen LogP contribution in [0.1, 0.15) is 42.5 Å². The number of carbonyl (C=O) groups excluding carboxylic acids is 2. The van der Waals surface area contributed by atoms with Crippen LogP contribution >= 0.6 is 15.9 Å². The molecule has 1 aromatic heterocycles. The second-order valence-corrected chi connectivity index (χ2v) is 7.49. The molecule has 1 N–H and O–H groups in total. The minimum atomic E-state index is -0.236. The quantitative estimate of drug-likeness (QED) is 0.743. The number of nitrogens with zero attached hydrogens (tertiary/aromatic N) is 3. The molecule has 0 unspecified atom stereocenters. The fourth-order valence-corrected chi connectivity index (χ4v) is 3.02. The Morgan fingerprint density at radius 3 is 2.85 bits per heavy atom. The summed E-state index contributed by atoms with van der Waals surface area (Å²) in [4.78, 5) is 30.1. The van der Waals surface area contributed by atoms with Gasteiger partial charge >= 0.3 is 0 Å². The van der Waals surface area contributed by atoms with E-state index in [0.29, 0.717) is 18.2 Å². The highest BCUT2D eigenvalue weighted by atomic mass is 79.9. The third-order valence-corrected chi connectivity index (χ3v) is 4.74. The fraction of sp³-hybridized carbons (Fsp3) is 0.444. The number of aromatic nitrogens is 2. The van der Waals surface area contributed by atoms with E-state index in [1.54, 1.807) is 7.05 Å². The van der Waals surface area contributed by atoms with Crippen LogP contribution in [-0.2, 0) is 16.0 Å². The lowest BCUT2D eigenvalue weighted by molar-refractivity contribution is -0.133. The zero-order valence-electron chi connectivity index (χ0n) is 14.8. The Morgan fingerprint density at radius 2 is 2.15 bits per heavy atom. The molecule has 0 atom stereocenters. The van der Waals surface area contributed by atoms with Crippen molar-refractivity contribution in [3.05, 3.63) is 40.0 Å². The largest absolute Gasteiger partial charge is 0.339 e. The van der Waals surface area contributed by atoms with Gasteiger partial charge in [-0.15, -0.1) is 0 Å². The van der Waals surface area contributed by atoms with Crippen LogP contribution < -0.4 is 5.32 Å². The van der Waals surface area contributed by atoms with Crippen molar-refractivity contribution < 1.29 is 14.1 Å². The van der Waals surface area contributed by atoms with Crippen LogP contribution in [0.15, 0.2) is 27.2 Å². The van der Waals surface area contributed by atoms with E-state index in [9.17, 15) is 9.59 Å². The van der Waals surface area contributed by atoms with Crippen molar-refractivity contribution in [2.75, 3.05) is 18.9 Å². The standard InChI is InChI=1S/C18H21BrN4O3/c1-11-9-13(19)5-6-14(11)20-15(24)10-23(2)17(25)8-7-16-21-18(22-26-16)12-3-4-12/h5-6,9,12H,3-4,7-8,10H2,1-2H3,(H,20,24). The van der Waals surface area contributed by atoms with E-state index >= 15 is 0 Å². The third kappa shape index (κ3) is 4.91. The number of rotatable bonds is 7. The summed E-state index contributed by atoms with van der Waals surface area (Å²) < 4.78 is 6.11. The molecular weight excluding hydrogens is 400 g/mol. The first-order valence-corrected chi connectivity index (χ1v) is 9.34. The van der Waals surface area contributed by atoms with Gasteiger partial charge in [-0.2, -0.15) is 4.98 Å². The molecule has 1 saturated carbocycles. The predicted octanol–water partition coefficient (Wildman–Crippen LogP) is 3.05. The number of benzene rings is 1. The van der Waals surface area contributed by atoms with Crippen LogP contribution in [0.25, 0.3) is 0 Å². The monoisotopic (exact) mass is 420 g/mol. The van der Waals surface area contributed by atoms with E-state index < -0.39 is 0 Å². The topological polar surface area (TPSA) is 88.3 Å². The number of hydrogen-bond acceptors (Lipinski definition) is 5.